The molecule has 1 saturated carbocycles. The van der Waals surface area contributed by atoms with Crippen LogP contribution in [0.2, 0.25) is 0 Å². The van der Waals surface area contributed by atoms with Crippen LogP contribution in [0.25, 0.3) is 0 Å². The van der Waals surface area contributed by atoms with Crippen molar-refractivity contribution in [3.63, 3.8) is 0 Å². The average molecular weight is 420 g/mol. The van der Waals surface area contributed by atoms with E-state index in [9.17, 15) is 9.59 Å². The van der Waals surface area contributed by atoms with Crippen LogP contribution in [0.3, 0.4) is 0 Å². The van der Waals surface area contributed by atoms with Crippen LogP contribution in [0.5, 0.6) is 0 Å². The van der Waals surface area contributed by atoms with Gasteiger partial charge in [-0.2, -0.15) is 0 Å². The van der Waals surface area contributed by atoms with Gasteiger partial charge in [0.2, 0.25) is 11.0 Å². The molecule has 3 amide bonds. The van der Waals surface area contributed by atoms with Crippen LogP contribution in [-0.2, 0) is 4.79 Å². The predicted octanol–water partition coefficient (Wildman–Crippen LogP) is 4.15. The fourth-order valence-electron chi connectivity index (χ4n) is 2.97. The average Bonchev–Trinajstić information content (AvgIpc) is 3.30. The van der Waals surface area contributed by atoms with Crippen molar-refractivity contribution in [2.45, 2.75) is 56.3 Å². The quantitative estimate of drug-likeness (QED) is 0.584. The van der Waals surface area contributed by atoms with Gasteiger partial charge in [0.05, 0.1) is 0 Å². The van der Waals surface area contributed by atoms with Crippen molar-refractivity contribution in [2.75, 3.05) is 11.1 Å². The zero-order chi connectivity index (χ0) is 19.9. The van der Waals surface area contributed by atoms with Crippen molar-refractivity contribution in [2.24, 2.45) is 0 Å². The van der Waals surface area contributed by atoms with E-state index in [2.05, 4.69) is 52.1 Å². The van der Waals surface area contributed by atoms with Crippen LogP contribution < -0.4 is 16.0 Å². The Morgan fingerprint density at radius 3 is 2.71 bits per heavy atom. The van der Waals surface area contributed by atoms with E-state index in [0.717, 1.165) is 35.7 Å². The zero-order valence-electron chi connectivity index (χ0n) is 16.1. The molecule has 0 aliphatic heterocycles. The third-order valence-corrected chi connectivity index (χ3v) is 6.64. The predicted molar refractivity (Wildman–Crippen MR) is 113 cm³/mol. The lowest BCUT2D eigenvalue weighted by atomic mass is 10.1. The summed E-state index contributed by atoms with van der Waals surface area (Å²) in [6, 6.07) is 5.96. The van der Waals surface area contributed by atoms with Crippen molar-refractivity contribution in [1.29, 1.82) is 0 Å². The third kappa shape index (κ3) is 6.20. The summed E-state index contributed by atoms with van der Waals surface area (Å²) in [5.74, 6) is 0.266. The van der Waals surface area contributed by atoms with Gasteiger partial charge in [-0.25, -0.2) is 4.79 Å². The summed E-state index contributed by atoms with van der Waals surface area (Å²) in [7, 11) is 0. The molecule has 150 valence electrons. The number of nitrogens with one attached hydrogen (secondary N) is 3. The SMILES string of the molecule is Cc1ccc(Nc2nnc(SCCC(=O)NC(=O)NC3CCCC3)s2)cc1C. The standard InChI is InChI=1S/C19H25N5O2S2/c1-12-7-8-15(11-13(12)2)21-18-23-24-19(28-18)27-10-9-16(25)22-17(26)20-14-5-3-4-6-14/h7-8,11,14H,3-6,9-10H2,1-2H3,(H,21,23)(H2,20,22,25,26). The Morgan fingerprint density at radius 2 is 1.96 bits per heavy atom. The van der Waals surface area contributed by atoms with E-state index >= 15 is 0 Å². The minimum Gasteiger partial charge on any atom is -0.335 e. The molecule has 1 aromatic carbocycles. The van der Waals surface area contributed by atoms with Gasteiger partial charge in [-0.1, -0.05) is 42.0 Å². The number of rotatable bonds is 7. The number of carbonyl (C=O) groups excluding carboxylic acids is 2. The molecule has 3 rings (SSSR count). The molecule has 0 unspecified atom stereocenters. The van der Waals surface area contributed by atoms with Gasteiger partial charge < -0.3 is 10.6 Å². The maximum Gasteiger partial charge on any atom is 0.321 e. The highest BCUT2D eigenvalue weighted by atomic mass is 32.2. The molecule has 0 atom stereocenters. The third-order valence-electron chi connectivity index (χ3n) is 4.66. The summed E-state index contributed by atoms with van der Waals surface area (Å²) in [6.45, 7) is 4.15. The van der Waals surface area contributed by atoms with E-state index in [1.165, 1.54) is 34.2 Å². The second kappa shape index (κ2) is 9.88. The monoisotopic (exact) mass is 419 g/mol. The molecule has 28 heavy (non-hydrogen) atoms. The Bertz CT molecular complexity index is 833. The number of thioether (sulfide) groups is 1. The van der Waals surface area contributed by atoms with E-state index in [0.29, 0.717) is 10.9 Å². The van der Waals surface area contributed by atoms with Gasteiger partial charge in [-0.15, -0.1) is 10.2 Å². The summed E-state index contributed by atoms with van der Waals surface area (Å²) < 4.78 is 0.787. The molecule has 1 aliphatic carbocycles. The molecule has 1 fully saturated rings. The van der Waals surface area contributed by atoms with E-state index in [4.69, 9.17) is 0 Å². The van der Waals surface area contributed by atoms with Gasteiger partial charge in [0.15, 0.2) is 4.34 Å². The molecule has 0 bridgehead atoms. The Hall–Kier alpha value is -2.13. The number of amides is 3. The molecule has 1 aliphatic rings. The number of hydrogen-bond acceptors (Lipinski definition) is 7. The van der Waals surface area contributed by atoms with Crippen LogP contribution in [0.1, 0.15) is 43.2 Å². The van der Waals surface area contributed by atoms with E-state index in [-0.39, 0.29) is 18.4 Å². The van der Waals surface area contributed by atoms with Crippen molar-refractivity contribution in [3.05, 3.63) is 29.3 Å². The smallest absolute Gasteiger partial charge is 0.321 e. The van der Waals surface area contributed by atoms with Gasteiger partial charge in [-0.05, 0) is 49.9 Å². The van der Waals surface area contributed by atoms with Gasteiger partial charge in [-0.3, -0.25) is 10.1 Å². The fourth-order valence-corrected chi connectivity index (χ4v) is 4.75. The maximum absolute atomic E-state index is 11.9. The molecule has 2 aromatic rings. The van der Waals surface area contributed by atoms with Gasteiger partial charge in [0.1, 0.15) is 0 Å². The van der Waals surface area contributed by atoms with Crippen molar-refractivity contribution in [3.8, 4) is 0 Å². The topological polar surface area (TPSA) is 96.0 Å². The summed E-state index contributed by atoms with van der Waals surface area (Å²) >= 11 is 2.90. The lowest BCUT2D eigenvalue weighted by molar-refractivity contribution is -0.119. The number of anilines is 2. The lowest BCUT2D eigenvalue weighted by Gasteiger charge is -2.11. The summed E-state index contributed by atoms with van der Waals surface area (Å²) in [4.78, 5) is 23.7. The van der Waals surface area contributed by atoms with E-state index in [1.807, 2.05) is 6.07 Å². The highest BCUT2D eigenvalue weighted by molar-refractivity contribution is 8.01. The molecule has 1 heterocycles. The maximum atomic E-state index is 11.9. The number of imide groups is 1. The minimum atomic E-state index is -0.391. The molecular formula is C19H25N5O2S2. The van der Waals surface area contributed by atoms with E-state index < -0.39 is 6.03 Å². The van der Waals surface area contributed by atoms with Gasteiger partial charge in [0.25, 0.3) is 0 Å². The summed E-state index contributed by atoms with van der Waals surface area (Å²) in [5, 5.41) is 17.5. The van der Waals surface area contributed by atoms with Crippen LogP contribution in [-0.4, -0.2) is 33.9 Å². The van der Waals surface area contributed by atoms with Crippen LogP contribution in [0, 0.1) is 13.8 Å². The molecule has 9 heteroatoms. The molecule has 3 N–H and O–H groups in total. The number of urea groups is 1. The summed E-state index contributed by atoms with van der Waals surface area (Å²) in [6.07, 6.45) is 4.51. The lowest BCUT2D eigenvalue weighted by Crippen LogP contribution is -2.43. The molecule has 1 aromatic heterocycles. The number of carbonyl (C=O) groups is 2. The van der Waals surface area contributed by atoms with Crippen LogP contribution >= 0.6 is 23.1 Å². The Labute approximate surface area is 173 Å². The van der Waals surface area contributed by atoms with Crippen molar-refractivity contribution in [1.82, 2.24) is 20.8 Å². The highest BCUT2D eigenvalue weighted by Crippen LogP contribution is 2.28. The van der Waals surface area contributed by atoms with E-state index in [1.54, 1.807) is 0 Å². The minimum absolute atomic E-state index is 0.201. The molecule has 0 radical (unpaired) electrons. The number of nitrogens with zero attached hydrogens (tertiary/aromatic N) is 2. The second-order valence-corrected chi connectivity index (χ2v) is 9.22. The molecule has 7 nitrogen and oxygen atoms in total. The Balaban J connectivity index is 1.38. The normalized spacial score (nSPS) is 14.1. The van der Waals surface area contributed by atoms with Crippen LogP contribution in [0.4, 0.5) is 15.6 Å². The summed E-state index contributed by atoms with van der Waals surface area (Å²) in [5.41, 5.74) is 3.44. The van der Waals surface area contributed by atoms with Gasteiger partial charge in [0, 0.05) is 23.9 Å². The molecule has 0 spiro atoms. The first-order chi connectivity index (χ1) is 13.5. The fraction of sp³-hybridized carbons (Fsp3) is 0.474. The Morgan fingerprint density at radius 1 is 1.18 bits per heavy atom. The number of hydrogen-bond donors (Lipinski definition) is 3. The van der Waals surface area contributed by atoms with Crippen molar-refractivity contribution >= 4 is 45.9 Å². The number of aryl methyl sites for hydroxylation is 2. The molecular weight excluding hydrogens is 394 g/mol. The largest absolute Gasteiger partial charge is 0.335 e. The first-order valence-corrected chi connectivity index (χ1v) is 11.2. The highest BCUT2D eigenvalue weighted by Gasteiger charge is 2.18. The first-order valence-electron chi connectivity index (χ1n) is 9.40. The molecule has 0 saturated heterocycles. The Kier molecular flexibility index (Phi) is 7.27. The zero-order valence-corrected chi connectivity index (χ0v) is 17.7. The number of aromatic nitrogens is 2. The van der Waals surface area contributed by atoms with Gasteiger partial charge >= 0.3 is 6.03 Å². The van der Waals surface area contributed by atoms with Crippen molar-refractivity contribution < 1.29 is 9.59 Å². The van der Waals surface area contributed by atoms with Crippen LogP contribution in [0.15, 0.2) is 22.5 Å². The number of benzene rings is 1. The first kappa shape index (κ1) is 20.6. The second-order valence-electron chi connectivity index (χ2n) is 6.90.